The van der Waals surface area contributed by atoms with Crippen LogP contribution in [0.25, 0.3) is 10.8 Å². The molecule has 0 aliphatic rings. The van der Waals surface area contributed by atoms with Gasteiger partial charge in [-0.1, -0.05) is 54.1 Å². The zero-order valence-corrected chi connectivity index (χ0v) is 16.0. The summed E-state index contributed by atoms with van der Waals surface area (Å²) in [6.07, 6.45) is 0. The van der Waals surface area contributed by atoms with Crippen LogP contribution in [-0.4, -0.2) is 19.5 Å². The SMILES string of the molecule is C[C@@H](NC(=O)C[NH+](C)Cc1ccc(Cl)s1)c1cccc2ccccc12. The van der Waals surface area contributed by atoms with E-state index in [0.29, 0.717) is 6.54 Å². The maximum absolute atomic E-state index is 12.4. The summed E-state index contributed by atoms with van der Waals surface area (Å²) in [7, 11) is 2.02. The molecule has 0 spiro atoms. The number of thiophene rings is 1. The van der Waals surface area contributed by atoms with Crippen molar-refractivity contribution in [3.05, 3.63) is 69.4 Å². The number of likely N-dealkylation sites (N-methyl/N-ethyl adjacent to an activating group) is 1. The molecule has 25 heavy (non-hydrogen) atoms. The lowest BCUT2D eigenvalue weighted by Gasteiger charge is -2.18. The predicted octanol–water partition coefficient (Wildman–Crippen LogP) is 3.45. The van der Waals surface area contributed by atoms with Crippen LogP contribution in [-0.2, 0) is 11.3 Å². The second-order valence-corrected chi connectivity index (χ2v) is 8.17. The first-order chi connectivity index (χ1) is 12.0. The number of nitrogens with one attached hydrogen (secondary N) is 2. The Hall–Kier alpha value is -1.88. The van der Waals surface area contributed by atoms with Crippen molar-refractivity contribution < 1.29 is 9.69 Å². The van der Waals surface area contributed by atoms with Crippen molar-refractivity contribution in [1.29, 1.82) is 0 Å². The van der Waals surface area contributed by atoms with E-state index in [1.807, 2.05) is 44.3 Å². The summed E-state index contributed by atoms with van der Waals surface area (Å²) >= 11 is 7.53. The zero-order chi connectivity index (χ0) is 17.8. The van der Waals surface area contributed by atoms with Crippen LogP contribution in [0.15, 0.2) is 54.6 Å². The van der Waals surface area contributed by atoms with Crippen LogP contribution in [0.2, 0.25) is 4.34 Å². The van der Waals surface area contributed by atoms with Gasteiger partial charge in [0.2, 0.25) is 0 Å². The minimum absolute atomic E-state index is 0.0254. The van der Waals surface area contributed by atoms with Crippen molar-refractivity contribution in [3.63, 3.8) is 0 Å². The van der Waals surface area contributed by atoms with Crippen LogP contribution in [0, 0.1) is 0 Å². The molecule has 3 aromatic rings. The largest absolute Gasteiger partial charge is 0.345 e. The average molecular weight is 374 g/mol. The third kappa shape index (κ3) is 4.60. The molecule has 5 heteroatoms. The van der Waals surface area contributed by atoms with Gasteiger partial charge < -0.3 is 10.2 Å². The molecule has 1 heterocycles. The van der Waals surface area contributed by atoms with Gasteiger partial charge in [-0.15, -0.1) is 11.3 Å². The number of hydrogen-bond acceptors (Lipinski definition) is 2. The first-order valence-corrected chi connectivity index (χ1v) is 9.55. The lowest BCUT2D eigenvalue weighted by atomic mass is 10.00. The summed E-state index contributed by atoms with van der Waals surface area (Å²) in [6, 6.07) is 18.4. The predicted molar refractivity (Wildman–Crippen MR) is 105 cm³/mol. The molecule has 1 aromatic heterocycles. The van der Waals surface area contributed by atoms with Crippen LogP contribution in [0.3, 0.4) is 0 Å². The molecule has 1 amide bonds. The third-order valence-corrected chi connectivity index (χ3v) is 5.47. The molecule has 1 unspecified atom stereocenters. The number of rotatable bonds is 6. The highest BCUT2D eigenvalue weighted by molar-refractivity contribution is 7.16. The van der Waals surface area contributed by atoms with Gasteiger partial charge in [-0.25, -0.2) is 0 Å². The summed E-state index contributed by atoms with van der Waals surface area (Å²) in [6.45, 7) is 3.27. The first kappa shape index (κ1) is 17.9. The second-order valence-electron chi connectivity index (χ2n) is 6.37. The van der Waals surface area contributed by atoms with E-state index in [-0.39, 0.29) is 11.9 Å². The average Bonchev–Trinajstić information content (AvgIpc) is 2.98. The highest BCUT2D eigenvalue weighted by Gasteiger charge is 2.16. The van der Waals surface area contributed by atoms with Gasteiger partial charge in [0.15, 0.2) is 6.54 Å². The number of quaternary nitrogens is 1. The van der Waals surface area contributed by atoms with Crippen LogP contribution >= 0.6 is 22.9 Å². The number of carbonyl (C=O) groups is 1. The fraction of sp³-hybridized carbons (Fsp3) is 0.250. The Balaban J connectivity index is 1.62. The molecule has 0 radical (unpaired) electrons. The Labute approximate surface area is 157 Å². The molecule has 0 bridgehead atoms. The normalized spacial score (nSPS) is 13.6. The van der Waals surface area contributed by atoms with Gasteiger partial charge in [0.25, 0.3) is 5.91 Å². The molecule has 0 aliphatic heterocycles. The number of hydrogen-bond donors (Lipinski definition) is 2. The van der Waals surface area contributed by atoms with E-state index < -0.39 is 0 Å². The van der Waals surface area contributed by atoms with E-state index in [0.717, 1.165) is 21.3 Å². The Morgan fingerprint density at radius 2 is 1.92 bits per heavy atom. The molecule has 0 fully saturated rings. The van der Waals surface area contributed by atoms with E-state index in [1.165, 1.54) is 15.6 Å². The van der Waals surface area contributed by atoms with Gasteiger partial charge >= 0.3 is 0 Å². The van der Waals surface area contributed by atoms with Gasteiger partial charge in [0.05, 0.1) is 22.3 Å². The Morgan fingerprint density at radius 3 is 2.68 bits per heavy atom. The van der Waals surface area contributed by atoms with Crippen LogP contribution in [0.1, 0.15) is 23.4 Å². The van der Waals surface area contributed by atoms with E-state index in [1.54, 1.807) is 11.3 Å². The lowest BCUT2D eigenvalue weighted by molar-refractivity contribution is -0.885. The highest BCUT2D eigenvalue weighted by atomic mass is 35.5. The molecular weight excluding hydrogens is 352 g/mol. The Bertz CT molecular complexity index is 872. The van der Waals surface area contributed by atoms with Crippen molar-refractivity contribution in [3.8, 4) is 0 Å². The van der Waals surface area contributed by atoms with Crippen molar-refractivity contribution >= 4 is 39.6 Å². The summed E-state index contributed by atoms with van der Waals surface area (Å²) in [5.41, 5.74) is 1.15. The third-order valence-electron chi connectivity index (χ3n) is 4.23. The highest BCUT2D eigenvalue weighted by Crippen LogP contribution is 2.24. The minimum Gasteiger partial charge on any atom is -0.345 e. The van der Waals surface area contributed by atoms with Crippen molar-refractivity contribution in [2.75, 3.05) is 13.6 Å². The maximum Gasteiger partial charge on any atom is 0.275 e. The summed E-state index contributed by atoms with van der Waals surface area (Å²) < 4.78 is 0.789. The molecule has 3 nitrogen and oxygen atoms in total. The fourth-order valence-electron chi connectivity index (χ4n) is 3.08. The quantitative estimate of drug-likeness (QED) is 0.681. The molecule has 3 rings (SSSR count). The topological polar surface area (TPSA) is 33.5 Å². The number of benzene rings is 2. The Kier molecular flexibility index (Phi) is 5.74. The lowest BCUT2D eigenvalue weighted by Crippen LogP contribution is -3.08. The first-order valence-electron chi connectivity index (χ1n) is 8.35. The smallest absolute Gasteiger partial charge is 0.275 e. The van der Waals surface area contributed by atoms with E-state index in [4.69, 9.17) is 11.6 Å². The summed E-state index contributed by atoms with van der Waals surface area (Å²) in [4.78, 5) is 14.7. The Morgan fingerprint density at radius 1 is 1.16 bits per heavy atom. The molecule has 130 valence electrons. The minimum atomic E-state index is -0.0254. The van der Waals surface area contributed by atoms with Crippen LogP contribution < -0.4 is 10.2 Å². The maximum atomic E-state index is 12.4. The molecule has 2 atom stereocenters. The molecule has 2 N–H and O–H groups in total. The van der Waals surface area contributed by atoms with Crippen molar-refractivity contribution in [1.82, 2.24) is 5.32 Å². The molecule has 2 aromatic carbocycles. The number of amides is 1. The second kappa shape index (κ2) is 8.00. The van der Waals surface area contributed by atoms with E-state index in [9.17, 15) is 4.79 Å². The standard InChI is InChI=1S/C20H21ClN2OS/c1-14(17-9-5-7-15-6-3-4-8-18(15)17)22-20(24)13-23(2)12-16-10-11-19(21)25-16/h3-11,14H,12-13H2,1-2H3,(H,22,24)/p+1/t14-/m1/s1. The van der Waals surface area contributed by atoms with Crippen molar-refractivity contribution in [2.24, 2.45) is 0 Å². The number of carbonyl (C=O) groups excluding carboxylic acids is 1. The van der Waals surface area contributed by atoms with Gasteiger partial charge in [-0.05, 0) is 35.4 Å². The summed E-state index contributed by atoms with van der Waals surface area (Å²) in [5.74, 6) is 0.0561. The van der Waals surface area contributed by atoms with E-state index in [2.05, 4.69) is 29.6 Å². The van der Waals surface area contributed by atoms with Crippen molar-refractivity contribution in [2.45, 2.75) is 19.5 Å². The van der Waals surface area contributed by atoms with Gasteiger partial charge in [-0.3, -0.25) is 4.79 Å². The number of halogens is 1. The monoisotopic (exact) mass is 373 g/mol. The van der Waals surface area contributed by atoms with Crippen LogP contribution in [0.5, 0.6) is 0 Å². The molecular formula is C20H22ClN2OS+. The number of fused-ring (bicyclic) bond motifs is 1. The molecule has 0 aliphatic carbocycles. The van der Waals surface area contributed by atoms with E-state index >= 15 is 0 Å². The summed E-state index contributed by atoms with van der Waals surface area (Å²) in [5, 5.41) is 5.51. The van der Waals surface area contributed by atoms with Gasteiger partial charge in [0, 0.05) is 0 Å². The molecule has 0 saturated heterocycles. The zero-order valence-electron chi connectivity index (χ0n) is 14.4. The van der Waals surface area contributed by atoms with Crippen LogP contribution in [0.4, 0.5) is 0 Å². The molecule has 0 saturated carbocycles. The van der Waals surface area contributed by atoms with Gasteiger partial charge in [-0.2, -0.15) is 0 Å². The fourth-order valence-corrected chi connectivity index (χ4v) is 4.28. The van der Waals surface area contributed by atoms with Gasteiger partial charge in [0.1, 0.15) is 6.54 Å².